The minimum absolute atomic E-state index is 0.191. The predicted molar refractivity (Wildman–Crippen MR) is 131 cm³/mol. The standard InChI is InChI=1S/C27H32N4O3/c1-26(2,3)31-24(33)22(27(25(31)34)17-9-4-5-10-18-27)23(32)28-19-13-15-21(16-14-19)30-29-20-11-7-6-8-12-20/h6-8,11-16,22H,4-5,9-10,17-18H2,1-3H3,(H,28,32). The summed E-state index contributed by atoms with van der Waals surface area (Å²) in [5, 5.41) is 11.3. The molecule has 0 radical (unpaired) electrons. The molecule has 7 heteroatoms. The molecule has 7 nitrogen and oxygen atoms in total. The zero-order valence-electron chi connectivity index (χ0n) is 20.1. The van der Waals surface area contributed by atoms with Gasteiger partial charge < -0.3 is 5.32 Å². The lowest BCUT2D eigenvalue weighted by molar-refractivity contribution is -0.147. The smallest absolute Gasteiger partial charge is 0.243 e. The molecule has 178 valence electrons. The highest BCUT2D eigenvalue weighted by Gasteiger charge is 2.63. The fraction of sp³-hybridized carbons (Fsp3) is 0.444. The van der Waals surface area contributed by atoms with Crippen LogP contribution in [0.5, 0.6) is 0 Å². The molecule has 2 aromatic rings. The first-order valence-electron chi connectivity index (χ1n) is 12.0. The third kappa shape index (κ3) is 4.65. The topological polar surface area (TPSA) is 91.2 Å². The van der Waals surface area contributed by atoms with Crippen LogP contribution in [-0.2, 0) is 14.4 Å². The van der Waals surface area contributed by atoms with Crippen molar-refractivity contribution in [2.45, 2.75) is 64.8 Å². The fourth-order valence-corrected chi connectivity index (χ4v) is 5.11. The van der Waals surface area contributed by atoms with Gasteiger partial charge in [-0.05, 0) is 70.0 Å². The maximum Gasteiger partial charge on any atom is 0.243 e. The molecular formula is C27H32N4O3. The Morgan fingerprint density at radius 1 is 0.882 bits per heavy atom. The second kappa shape index (κ2) is 9.49. The van der Waals surface area contributed by atoms with Crippen LogP contribution in [0, 0.1) is 11.3 Å². The molecule has 0 aromatic heterocycles. The zero-order chi connectivity index (χ0) is 24.3. The molecule has 1 unspecified atom stereocenters. The summed E-state index contributed by atoms with van der Waals surface area (Å²) in [6.07, 6.45) is 4.88. The van der Waals surface area contributed by atoms with Gasteiger partial charge in [0.1, 0.15) is 5.92 Å². The van der Waals surface area contributed by atoms with Crippen LogP contribution in [0.4, 0.5) is 17.1 Å². The predicted octanol–water partition coefficient (Wildman–Crippen LogP) is 6.16. The van der Waals surface area contributed by atoms with Crippen LogP contribution in [-0.4, -0.2) is 28.2 Å². The van der Waals surface area contributed by atoms with Gasteiger partial charge >= 0.3 is 0 Å². The van der Waals surface area contributed by atoms with Crippen LogP contribution in [0.25, 0.3) is 0 Å². The summed E-state index contributed by atoms with van der Waals surface area (Å²) < 4.78 is 0. The lowest BCUT2D eigenvalue weighted by Gasteiger charge is -2.33. The molecule has 1 aliphatic carbocycles. The molecule has 3 amide bonds. The molecule has 2 aromatic carbocycles. The van der Waals surface area contributed by atoms with Crippen LogP contribution in [0.15, 0.2) is 64.8 Å². The van der Waals surface area contributed by atoms with E-state index in [4.69, 9.17) is 0 Å². The highest BCUT2D eigenvalue weighted by Crippen LogP contribution is 2.50. The number of carbonyl (C=O) groups is 3. The Hall–Kier alpha value is -3.35. The van der Waals surface area contributed by atoms with E-state index in [1.165, 1.54) is 4.90 Å². The van der Waals surface area contributed by atoms with Crippen LogP contribution in [0.2, 0.25) is 0 Å². The Balaban J connectivity index is 1.55. The van der Waals surface area contributed by atoms with Gasteiger partial charge in [0.05, 0.1) is 16.8 Å². The molecule has 1 saturated heterocycles. The average molecular weight is 461 g/mol. The molecule has 1 heterocycles. The van der Waals surface area contributed by atoms with Gasteiger partial charge in [0.15, 0.2) is 0 Å². The first-order chi connectivity index (χ1) is 16.2. The van der Waals surface area contributed by atoms with E-state index in [0.29, 0.717) is 24.2 Å². The highest BCUT2D eigenvalue weighted by molar-refractivity contribution is 6.19. The van der Waals surface area contributed by atoms with Gasteiger partial charge in [0.25, 0.3) is 0 Å². The second-order valence-electron chi connectivity index (χ2n) is 10.2. The highest BCUT2D eigenvalue weighted by atomic mass is 16.2. The number of carbonyl (C=O) groups excluding carboxylic acids is 3. The molecule has 1 N–H and O–H groups in total. The van der Waals surface area contributed by atoms with Crippen molar-refractivity contribution < 1.29 is 14.4 Å². The third-order valence-corrected chi connectivity index (χ3v) is 6.75. The van der Waals surface area contributed by atoms with Gasteiger partial charge in [0, 0.05) is 11.2 Å². The number of amides is 3. The van der Waals surface area contributed by atoms with E-state index < -0.39 is 22.8 Å². The Morgan fingerprint density at radius 2 is 1.44 bits per heavy atom. The molecule has 2 aliphatic rings. The van der Waals surface area contributed by atoms with Gasteiger partial charge in [-0.3, -0.25) is 19.3 Å². The van der Waals surface area contributed by atoms with Crippen LogP contribution in [0.1, 0.15) is 59.3 Å². The van der Waals surface area contributed by atoms with E-state index in [-0.39, 0.29) is 11.8 Å². The minimum Gasteiger partial charge on any atom is -0.325 e. The van der Waals surface area contributed by atoms with E-state index in [0.717, 1.165) is 31.4 Å². The van der Waals surface area contributed by atoms with Gasteiger partial charge in [-0.25, -0.2) is 0 Å². The maximum atomic E-state index is 13.6. The van der Waals surface area contributed by atoms with Crippen molar-refractivity contribution >= 4 is 34.8 Å². The van der Waals surface area contributed by atoms with Gasteiger partial charge in [-0.2, -0.15) is 10.2 Å². The van der Waals surface area contributed by atoms with Crippen molar-refractivity contribution in [2.75, 3.05) is 5.32 Å². The minimum atomic E-state index is -1.00. The number of benzene rings is 2. The molecule has 0 bridgehead atoms. The normalized spacial score (nSPS) is 20.7. The molecule has 1 aliphatic heterocycles. The monoisotopic (exact) mass is 460 g/mol. The summed E-state index contributed by atoms with van der Waals surface area (Å²) in [5.41, 5.74) is 0.333. The van der Waals surface area contributed by atoms with Crippen LogP contribution in [0.3, 0.4) is 0 Å². The number of imide groups is 1. The fourth-order valence-electron chi connectivity index (χ4n) is 5.11. The Labute approximate surface area is 200 Å². The van der Waals surface area contributed by atoms with Gasteiger partial charge in [-0.15, -0.1) is 0 Å². The molecule has 1 atom stereocenters. The number of anilines is 1. The first kappa shape index (κ1) is 23.8. The van der Waals surface area contributed by atoms with Gasteiger partial charge in [0.2, 0.25) is 17.7 Å². The summed E-state index contributed by atoms with van der Waals surface area (Å²) in [7, 11) is 0. The molecule has 1 saturated carbocycles. The van der Waals surface area contributed by atoms with E-state index in [1.54, 1.807) is 24.3 Å². The second-order valence-corrected chi connectivity index (χ2v) is 10.2. The summed E-state index contributed by atoms with van der Waals surface area (Å²) >= 11 is 0. The molecule has 2 fully saturated rings. The lowest BCUT2D eigenvalue weighted by atomic mass is 9.71. The number of hydrogen-bond donors (Lipinski definition) is 1. The summed E-state index contributed by atoms with van der Waals surface area (Å²) in [6.45, 7) is 5.53. The number of nitrogens with zero attached hydrogens (tertiary/aromatic N) is 3. The van der Waals surface area contributed by atoms with Crippen LogP contribution >= 0.6 is 0 Å². The summed E-state index contributed by atoms with van der Waals surface area (Å²) in [6, 6.07) is 16.4. The molecule has 1 spiro atoms. The van der Waals surface area contributed by atoms with Crippen molar-refractivity contribution in [3.05, 3.63) is 54.6 Å². The van der Waals surface area contributed by atoms with Crippen molar-refractivity contribution in [3.8, 4) is 0 Å². The van der Waals surface area contributed by atoms with Crippen molar-refractivity contribution in [1.29, 1.82) is 0 Å². The summed E-state index contributed by atoms with van der Waals surface area (Å²) in [4.78, 5) is 41.9. The van der Waals surface area contributed by atoms with E-state index in [1.807, 2.05) is 51.1 Å². The van der Waals surface area contributed by atoms with Crippen molar-refractivity contribution in [3.63, 3.8) is 0 Å². The average Bonchev–Trinajstić information content (AvgIpc) is 2.93. The Bertz CT molecular complexity index is 1080. The Morgan fingerprint density at radius 3 is 2.00 bits per heavy atom. The SMILES string of the molecule is CC(C)(C)N1C(=O)C(C(=O)Nc2ccc(N=Nc3ccccc3)cc2)C2(CCCCCC2)C1=O. The molecule has 4 rings (SSSR count). The first-order valence-corrected chi connectivity index (χ1v) is 12.0. The number of azo groups is 1. The van der Waals surface area contributed by atoms with Crippen LogP contribution < -0.4 is 5.32 Å². The quantitative estimate of drug-likeness (QED) is 0.336. The maximum absolute atomic E-state index is 13.6. The van der Waals surface area contributed by atoms with Crippen molar-refractivity contribution in [2.24, 2.45) is 21.6 Å². The zero-order valence-corrected chi connectivity index (χ0v) is 20.1. The molecule has 34 heavy (non-hydrogen) atoms. The van der Waals surface area contributed by atoms with E-state index in [2.05, 4.69) is 15.5 Å². The number of likely N-dealkylation sites (tertiary alicyclic amines) is 1. The number of hydrogen-bond acceptors (Lipinski definition) is 5. The number of nitrogens with one attached hydrogen (secondary N) is 1. The van der Waals surface area contributed by atoms with E-state index in [9.17, 15) is 14.4 Å². The number of rotatable bonds is 4. The van der Waals surface area contributed by atoms with E-state index >= 15 is 0 Å². The van der Waals surface area contributed by atoms with Crippen molar-refractivity contribution in [1.82, 2.24) is 4.90 Å². The largest absolute Gasteiger partial charge is 0.325 e. The Kier molecular flexibility index (Phi) is 6.64. The van der Waals surface area contributed by atoms with Gasteiger partial charge in [-0.1, -0.05) is 43.9 Å². The summed E-state index contributed by atoms with van der Waals surface area (Å²) in [5.74, 6) is -1.99. The third-order valence-electron chi connectivity index (χ3n) is 6.75. The molecular weight excluding hydrogens is 428 g/mol. The lowest BCUT2D eigenvalue weighted by Crippen LogP contribution is -2.47.